The van der Waals surface area contributed by atoms with Crippen LogP contribution < -0.4 is 15.6 Å². The molecule has 0 bridgehead atoms. The number of fused-ring (bicyclic) bond motifs is 1. The fraction of sp³-hybridized carbons (Fsp3) is 0.150. The molecule has 0 atom stereocenters. The van der Waals surface area contributed by atoms with Gasteiger partial charge in [-0.2, -0.15) is 0 Å². The molecule has 2 aromatic carbocycles. The van der Waals surface area contributed by atoms with Crippen molar-refractivity contribution >= 4 is 43.0 Å². The SMILES string of the molecule is O=c1cc(Nc2ccc(Br)cc2F)c(NS(=O)(=O)c2ccc(F)cc2)c2n1CCC2. The van der Waals surface area contributed by atoms with Gasteiger partial charge in [-0.05, 0) is 55.3 Å². The second kappa shape index (κ2) is 7.84. The number of pyridine rings is 1. The molecule has 2 heterocycles. The Morgan fingerprint density at radius 2 is 1.73 bits per heavy atom. The summed E-state index contributed by atoms with van der Waals surface area (Å²) in [6.45, 7) is 0.465. The number of aromatic nitrogens is 1. The number of rotatable bonds is 5. The molecule has 0 spiro atoms. The van der Waals surface area contributed by atoms with Crippen LogP contribution in [0.3, 0.4) is 0 Å². The number of hydrogen-bond acceptors (Lipinski definition) is 4. The van der Waals surface area contributed by atoms with Crippen molar-refractivity contribution in [2.75, 3.05) is 10.0 Å². The summed E-state index contributed by atoms with van der Waals surface area (Å²) in [4.78, 5) is 12.4. The molecule has 0 aliphatic carbocycles. The molecule has 1 aromatic heterocycles. The number of anilines is 3. The third kappa shape index (κ3) is 3.97. The minimum atomic E-state index is -4.07. The number of halogens is 3. The van der Waals surface area contributed by atoms with E-state index in [0.29, 0.717) is 29.6 Å². The van der Waals surface area contributed by atoms with Gasteiger partial charge in [0.05, 0.1) is 22.0 Å². The van der Waals surface area contributed by atoms with Crippen molar-refractivity contribution in [2.45, 2.75) is 24.3 Å². The fourth-order valence-electron chi connectivity index (χ4n) is 3.36. The fourth-order valence-corrected chi connectivity index (χ4v) is 4.80. The summed E-state index contributed by atoms with van der Waals surface area (Å²) in [7, 11) is -4.07. The normalized spacial score (nSPS) is 13.2. The van der Waals surface area contributed by atoms with Gasteiger partial charge in [0.1, 0.15) is 11.6 Å². The van der Waals surface area contributed by atoms with Gasteiger partial charge in [0.2, 0.25) is 0 Å². The summed E-state index contributed by atoms with van der Waals surface area (Å²) >= 11 is 3.18. The molecular weight excluding hydrogens is 480 g/mol. The van der Waals surface area contributed by atoms with Gasteiger partial charge in [0.25, 0.3) is 15.6 Å². The van der Waals surface area contributed by atoms with E-state index < -0.39 is 21.7 Å². The van der Waals surface area contributed by atoms with Crippen LogP contribution in [0.4, 0.5) is 25.8 Å². The molecule has 10 heteroatoms. The highest BCUT2D eigenvalue weighted by molar-refractivity contribution is 9.10. The van der Waals surface area contributed by atoms with Crippen molar-refractivity contribution in [2.24, 2.45) is 0 Å². The zero-order valence-electron chi connectivity index (χ0n) is 15.5. The third-order valence-electron chi connectivity index (χ3n) is 4.77. The lowest BCUT2D eigenvalue weighted by molar-refractivity contribution is 0.599. The number of nitrogens with one attached hydrogen (secondary N) is 2. The van der Waals surface area contributed by atoms with Crippen LogP contribution in [0.2, 0.25) is 0 Å². The van der Waals surface area contributed by atoms with Crippen LogP contribution in [0.5, 0.6) is 0 Å². The van der Waals surface area contributed by atoms with E-state index in [2.05, 4.69) is 26.0 Å². The largest absolute Gasteiger partial charge is 0.351 e. The Kier molecular flexibility index (Phi) is 5.37. The van der Waals surface area contributed by atoms with Gasteiger partial charge >= 0.3 is 0 Å². The van der Waals surface area contributed by atoms with Gasteiger partial charge in [-0.25, -0.2) is 17.2 Å². The van der Waals surface area contributed by atoms with Crippen LogP contribution in [-0.4, -0.2) is 13.0 Å². The zero-order chi connectivity index (χ0) is 21.5. The van der Waals surface area contributed by atoms with Crippen molar-refractivity contribution in [3.05, 3.63) is 80.7 Å². The quantitative estimate of drug-likeness (QED) is 0.550. The highest BCUT2D eigenvalue weighted by Crippen LogP contribution is 2.34. The first kappa shape index (κ1) is 20.5. The lowest BCUT2D eigenvalue weighted by Crippen LogP contribution is -2.23. The second-order valence-electron chi connectivity index (χ2n) is 6.78. The molecule has 0 amide bonds. The van der Waals surface area contributed by atoms with E-state index in [1.807, 2.05) is 0 Å². The molecule has 4 rings (SSSR count). The molecule has 0 unspecified atom stereocenters. The third-order valence-corrected chi connectivity index (χ3v) is 6.63. The molecule has 0 radical (unpaired) electrons. The van der Waals surface area contributed by atoms with E-state index >= 15 is 0 Å². The maximum atomic E-state index is 14.3. The average molecular weight is 496 g/mol. The minimum Gasteiger partial charge on any atom is -0.351 e. The molecule has 1 aliphatic rings. The molecule has 3 aromatic rings. The van der Waals surface area contributed by atoms with Crippen molar-refractivity contribution in [1.29, 1.82) is 0 Å². The maximum absolute atomic E-state index is 14.3. The zero-order valence-corrected chi connectivity index (χ0v) is 17.9. The Bertz CT molecular complexity index is 1290. The molecular formula is C20H16BrF2N3O3S. The summed E-state index contributed by atoms with van der Waals surface area (Å²) < 4.78 is 57.8. The van der Waals surface area contributed by atoms with E-state index in [4.69, 9.17) is 0 Å². The van der Waals surface area contributed by atoms with Gasteiger partial charge in [-0.15, -0.1) is 0 Å². The smallest absolute Gasteiger partial charge is 0.262 e. The lowest BCUT2D eigenvalue weighted by Gasteiger charge is -2.18. The minimum absolute atomic E-state index is 0.0859. The van der Waals surface area contributed by atoms with Crippen LogP contribution in [-0.2, 0) is 23.0 Å². The Morgan fingerprint density at radius 3 is 2.43 bits per heavy atom. The first-order valence-corrected chi connectivity index (χ1v) is 11.3. The van der Waals surface area contributed by atoms with Crippen molar-refractivity contribution < 1.29 is 17.2 Å². The van der Waals surface area contributed by atoms with Crippen LogP contribution in [0, 0.1) is 11.6 Å². The predicted octanol–water partition coefficient (Wildman–Crippen LogP) is 4.38. The number of benzene rings is 2. The van der Waals surface area contributed by atoms with Crippen molar-refractivity contribution in [1.82, 2.24) is 4.57 Å². The van der Waals surface area contributed by atoms with E-state index in [1.165, 1.54) is 22.8 Å². The molecule has 156 valence electrons. The number of nitrogens with zero attached hydrogens (tertiary/aromatic N) is 1. The summed E-state index contributed by atoms with van der Waals surface area (Å²) in [6.07, 6.45) is 1.16. The van der Waals surface area contributed by atoms with E-state index in [1.54, 1.807) is 6.07 Å². The highest BCUT2D eigenvalue weighted by atomic mass is 79.9. The van der Waals surface area contributed by atoms with E-state index in [0.717, 1.165) is 24.3 Å². The first-order chi connectivity index (χ1) is 14.2. The average Bonchev–Trinajstić information content (AvgIpc) is 3.18. The summed E-state index contributed by atoms with van der Waals surface area (Å²) in [5.41, 5.74) is 0.585. The Morgan fingerprint density at radius 1 is 1.00 bits per heavy atom. The molecule has 2 N–H and O–H groups in total. The highest BCUT2D eigenvalue weighted by Gasteiger charge is 2.25. The van der Waals surface area contributed by atoms with Gasteiger partial charge < -0.3 is 9.88 Å². The topological polar surface area (TPSA) is 80.2 Å². The number of sulfonamides is 1. The van der Waals surface area contributed by atoms with Crippen LogP contribution in [0.1, 0.15) is 12.1 Å². The number of hydrogen-bond donors (Lipinski definition) is 2. The lowest BCUT2D eigenvalue weighted by atomic mass is 10.2. The Balaban J connectivity index is 1.81. The summed E-state index contributed by atoms with van der Waals surface area (Å²) in [5, 5.41) is 2.83. The van der Waals surface area contributed by atoms with Gasteiger partial charge in [0, 0.05) is 22.8 Å². The predicted molar refractivity (Wildman–Crippen MR) is 114 cm³/mol. The molecule has 30 heavy (non-hydrogen) atoms. The van der Waals surface area contributed by atoms with E-state index in [9.17, 15) is 22.0 Å². The summed E-state index contributed by atoms with van der Waals surface area (Å²) in [5.74, 6) is -1.13. The van der Waals surface area contributed by atoms with Crippen LogP contribution >= 0.6 is 15.9 Å². The van der Waals surface area contributed by atoms with Crippen molar-refractivity contribution in [3.63, 3.8) is 0 Å². The second-order valence-corrected chi connectivity index (χ2v) is 9.38. The summed E-state index contributed by atoms with van der Waals surface area (Å²) in [6, 6.07) is 9.97. The Labute approximate surface area is 179 Å². The molecule has 1 aliphatic heterocycles. The molecule has 6 nitrogen and oxygen atoms in total. The Hall–Kier alpha value is -2.72. The standard InChI is InChI=1S/C20H16BrF2N3O3S/c21-12-3-8-16(15(23)10-12)24-17-11-19(27)26-9-1-2-18(26)20(17)25-30(28,29)14-6-4-13(22)5-7-14/h3-8,10-11,24-25H,1-2,9H2. The van der Waals surface area contributed by atoms with Gasteiger partial charge in [-0.3, -0.25) is 9.52 Å². The molecule has 0 saturated carbocycles. The maximum Gasteiger partial charge on any atom is 0.262 e. The molecule has 0 saturated heterocycles. The van der Waals surface area contributed by atoms with E-state index in [-0.39, 0.29) is 27.5 Å². The monoisotopic (exact) mass is 495 g/mol. The molecule has 0 fully saturated rings. The van der Waals surface area contributed by atoms with Crippen LogP contribution in [0.25, 0.3) is 0 Å². The first-order valence-electron chi connectivity index (χ1n) is 9.02. The van der Waals surface area contributed by atoms with Crippen molar-refractivity contribution in [3.8, 4) is 0 Å². The van der Waals surface area contributed by atoms with Crippen LogP contribution in [0.15, 0.2) is 62.7 Å². The van der Waals surface area contributed by atoms with Gasteiger partial charge in [0.15, 0.2) is 0 Å². The van der Waals surface area contributed by atoms with Gasteiger partial charge in [-0.1, -0.05) is 15.9 Å².